The zero-order chi connectivity index (χ0) is 15.1. The van der Waals surface area contributed by atoms with Crippen LogP contribution in [0.4, 0.5) is 0 Å². The highest BCUT2D eigenvalue weighted by Gasteiger charge is 2.25. The van der Waals surface area contributed by atoms with Gasteiger partial charge in [-0.15, -0.1) is 0 Å². The number of aliphatic hydroxyl groups is 1. The predicted octanol–water partition coefficient (Wildman–Crippen LogP) is 1.95. The van der Waals surface area contributed by atoms with E-state index in [0.717, 1.165) is 18.7 Å². The quantitative estimate of drug-likeness (QED) is 0.838. The van der Waals surface area contributed by atoms with Crippen molar-refractivity contribution in [1.29, 1.82) is 0 Å². The summed E-state index contributed by atoms with van der Waals surface area (Å²) in [5.74, 6) is 6.23. The first-order valence-corrected chi connectivity index (χ1v) is 7.77. The molecule has 1 atom stereocenters. The van der Waals surface area contributed by atoms with Gasteiger partial charge in [-0.2, -0.15) is 0 Å². The molecule has 1 aromatic carbocycles. The summed E-state index contributed by atoms with van der Waals surface area (Å²) >= 11 is 0. The lowest BCUT2D eigenvalue weighted by molar-refractivity contribution is 0.201. The SMILES string of the molecule is CN(C)CC1CCCN1Cc1ccccc1C#CCCO. The van der Waals surface area contributed by atoms with Gasteiger partial charge in [0.05, 0.1) is 6.61 Å². The number of hydrogen-bond donors (Lipinski definition) is 1. The van der Waals surface area contributed by atoms with Crippen molar-refractivity contribution in [2.45, 2.75) is 31.8 Å². The lowest BCUT2D eigenvalue weighted by Crippen LogP contribution is -2.37. The highest BCUT2D eigenvalue weighted by atomic mass is 16.2. The fourth-order valence-corrected chi connectivity index (χ4v) is 2.94. The Labute approximate surface area is 128 Å². The first-order chi connectivity index (χ1) is 10.2. The number of nitrogens with zero attached hydrogens (tertiary/aromatic N) is 2. The summed E-state index contributed by atoms with van der Waals surface area (Å²) in [6.45, 7) is 3.41. The molecule has 1 saturated heterocycles. The van der Waals surface area contributed by atoms with E-state index in [-0.39, 0.29) is 6.61 Å². The Morgan fingerprint density at radius 3 is 2.90 bits per heavy atom. The average molecular weight is 286 g/mol. The molecular weight excluding hydrogens is 260 g/mol. The molecule has 0 amide bonds. The second kappa shape index (κ2) is 8.19. The van der Waals surface area contributed by atoms with Crippen LogP contribution in [0, 0.1) is 11.8 Å². The van der Waals surface area contributed by atoms with Gasteiger partial charge in [0.15, 0.2) is 0 Å². The van der Waals surface area contributed by atoms with E-state index < -0.39 is 0 Å². The van der Waals surface area contributed by atoms with Crippen molar-refractivity contribution in [3.63, 3.8) is 0 Å². The van der Waals surface area contributed by atoms with Crippen LogP contribution in [0.1, 0.15) is 30.4 Å². The predicted molar refractivity (Wildman–Crippen MR) is 87.0 cm³/mol. The fraction of sp³-hybridized carbons (Fsp3) is 0.556. The second-order valence-corrected chi connectivity index (χ2v) is 5.96. The minimum atomic E-state index is 0.131. The second-order valence-electron chi connectivity index (χ2n) is 5.96. The monoisotopic (exact) mass is 286 g/mol. The van der Waals surface area contributed by atoms with E-state index in [9.17, 15) is 0 Å². The Morgan fingerprint density at radius 1 is 1.33 bits per heavy atom. The van der Waals surface area contributed by atoms with Crippen LogP contribution < -0.4 is 0 Å². The minimum absolute atomic E-state index is 0.131. The number of rotatable bonds is 5. The van der Waals surface area contributed by atoms with E-state index >= 15 is 0 Å². The highest BCUT2D eigenvalue weighted by Crippen LogP contribution is 2.21. The third kappa shape index (κ3) is 4.86. The Kier molecular flexibility index (Phi) is 6.25. The smallest absolute Gasteiger partial charge is 0.0540 e. The molecule has 1 unspecified atom stereocenters. The largest absolute Gasteiger partial charge is 0.395 e. The molecule has 1 fully saturated rings. The highest BCUT2D eigenvalue weighted by molar-refractivity contribution is 5.41. The third-order valence-electron chi connectivity index (χ3n) is 3.93. The molecule has 0 aliphatic carbocycles. The molecule has 114 valence electrons. The summed E-state index contributed by atoms with van der Waals surface area (Å²) in [6.07, 6.45) is 3.12. The van der Waals surface area contributed by atoms with Crippen LogP contribution in [-0.2, 0) is 6.54 Å². The normalized spacial score (nSPS) is 18.8. The lowest BCUT2D eigenvalue weighted by Gasteiger charge is -2.27. The van der Waals surface area contributed by atoms with E-state index in [1.54, 1.807) is 0 Å². The zero-order valence-corrected chi connectivity index (χ0v) is 13.2. The molecular formula is C18H26N2O. The van der Waals surface area contributed by atoms with E-state index in [1.165, 1.54) is 24.9 Å². The van der Waals surface area contributed by atoms with Crippen LogP contribution >= 0.6 is 0 Å². The van der Waals surface area contributed by atoms with E-state index in [1.807, 2.05) is 6.07 Å². The Balaban J connectivity index is 2.07. The summed E-state index contributed by atoms with van der Waals surface area (Å²) in [4.78, 5) is 4.85. The lowest BCUT2D eigenvalue weighted by atomic mass is 10.1. The van der Waals surface area contributed by atoms with Crippen molar-refractivity contribution in [2.24, 2.45) is 0 Å². The standard InChI is InChI=1S/C18H26N2O/c1-19(2)15-18-11-7-12-20(18)14-17-10-4-3-8-16(17)9-5-6-13-21/h3-4,8,10,18,21H,6-7,11-15H2,1-2H3. The molecule has 3 nitrogen and oxygen atoms in total. The topological polar surface area (TPSA) is 26.7 Å². The molecule has 3 heteroatoms. The minimum Gasteiger partial charge on any atom is -0.395 e. The summed E-state index contributed by atoms with van der Waals surface area (Å²) in [7, 11) is 4.29. The Morgan fingerprint density at radius 2 is 2.14 bits per heavy atom. The first kappa shape index (κ1) is 16.0. The van der Waals surface area contributed by atoms with E-state index in [2.05, 4.69) is 53.9 Å². The van der Waals surface area contributed by atoms with Gasteiger partial charge < -0.3 is 10.0 Å². The molecule has 0 saturated carbocycles. The summed E-state index contributed by atoms with van der Waals surface area (Å²) in [6, 6.07) is 9.03. The van der Waals surface area contributed by atoms with Gasteiger partial charge in [0, 0.05) is 31.1 Å². The maximum absolute atomic E-state index is 8.85. The van der Waals surface area contributed by atoms with Gasteiger partial charge in [0.2, 0.25) is 0 Å². The van der Waals surface area contributed by atoms with Crippen LogP contribution in [0.25, 0.3) is 0 Å². The van der Waals surface area contributed by atoms with Crippen molar-refractivity contribution in [2.75, 3.05) is 33.8 Å². The van der Waals surface area contributed by atoms with Crippen molar-refractivity contribution in [3.8, 4) is 11.8 Å². The van der Waals surface area contributed by atoms with Gasteiger partial charge >= 0.3 is 0 Å². The summed E-state index contributed by atoms with van der Waals surface area (Å²) < 4.78 is 0. The van der Waals surface area contributed by atoms with Gasteiger partial charge in [-0.1, -0.05) is 30.0 Å². The number of benzene rings is 1. The number of hydrogen-bond acceptors (Lipinski definition) is 3. The van der Waals surface area contributed by atoms with Gasteiger partial charge in [-0.05, 0) is 45.1 Å². The van der Waals surface area contributed by atoms with Gasteiger partial charge in [0.1, 0.15) is 0 Å². The molecule has 1 heterocycles. The molecule has 1 aromatic rings. The van der Waals surface area contributed by atoms with Crippen molar-refractivity contribution >= 4 is 0 Å². The number of likely N-dealkylation sites (tertiary alicyclic amines) is 1. The van der Waals surface area contributed by atoms with E-state index in [4.69, 9.17) is 5.11 Å². The van der Waals surface area contributed by atoms with Crippen molar-refractivity contribution < 1.29 is 5.11 Å². The maximum atomic E-state index is 8.85. The summed E-state index contributed by atoms with van der Waals surface area (Å²) in [5.41, 5.74) is 2.40. The Hall–Kier alpha value is -1.34. The molecule has 0 radical (unpaired) electrons. The van der Waals surface area contributed by atoms with Crippen LogP contribution in [0.15, 0.2) is 24.3 Å². The Bertz CT molecular complexity index is 501. The molecule has 1 aliphatic rings. The van der Waals surface area contributed by atoms with Gasteiger partial charge in [-0.25, -0.2) is 0 Å². The van der Waals surface area contributed by atoms with Gasteiger partial charge in [-0.3, -0.25) is 4.90 Å². The maximum Gasteiger partial charge on any atom is 0.0540 e. The van der Waals surface area contributed by atoms with Crippen molar-refractivity contribution in [3.05, 3.63) is 35.4 Å². The first-order valence-electron chi connectivity index (χ1n) is 7.77. The molecule has 0 bridgehead atoms. The molecule has 0 spiro atoms. The summed E-state index contributed by atoms with van der Waals surface area (Å²) in [5, 5.41) is 8.85. The molecule has 0 aromatic heterocycles. The molecule has 21 heavy (non-hydrogen) atoms. The zero-order valence-electron chi connectivity index (χ0n) is 13.2. The average Bonchev–Trinajstić information content (AvgIpc) is 2.87. The number of likely N-dealkylation sites (N-methyl/N-ethyl adjacent to an activating group) is 1. The van der Waals surface area contributed by atoms with Crippen LogP contribution in [0.2, 0.25) is 0 Å². The van der Waals surface area contributed by atoms with Crippen molar-refractivity contribution in [1.82, 2.24) is 9.80 Å². The fourth-order valence-electron chi connectivity index (χ4n) is 2.94. The molecule has 1 aliphatic heterocycles. The van der Waals surface area contributed by atoms with E-state index in [0.29, 0.717) is 12.5 Å². The van der Waals surface area contributed by atoms with Gasteiger partial charge in [0.25, 0.3) is 0 Å². The van der Waals surface area contributed by atoms with Crippen LogP contribution in [-0.4, -0.2) is 54.7 Å². The van der Waals surface area contributed by atoms with Crippen LogP contribution in [0.3, 0.4) is 0 Å². The van der Waals surface area contributed by atoms with Crippen LogP contribution in [0.5, 0.6) is 0 Å². The molecule has 2 rings (SSSR count). The third-order valence-corrected chi connectivity index (χ3v) is 3.93. The molecule has 1 N–H and O–H groups in total. The number of aliphatic hydroxyl groups excluding tert-OH is 1.